The number of fused-ring (bicyclic) bond motifs is 1. The Balaban J connectivity index is 1.55. The SMILES string of the molecule is CN1CC(=O)N(CC(=O)OCC(=O)N2CCCc3ccccc32)C1=O. The number of esters is 1. The Labute approximate surface area is 144 Å². The van der Waals surface area contributed by atoms with E-state index in [4.69, 9.17) is 4.74 Å². The number of carbonyl (C=O) groups is 4. The molecule has 8 nitrogen and oxygen atoms in total. The Kier molecular flexibility index (Phi) is 4.69. The van der Waals surface area contributed by atoms with Gasteiger partial charge < -0.3 is 14.5 Å². The molecule has 0 atom stereocenters. The topological polar surface area (TPSA) is 87.2 Å². The van der Waals surface area contributed by atoms with E-state index in [-0.39, 0.29) is 12.5 Å². The van der Waals surface area contributed by atoms with Gasteiger partial charge in [-0.3, -0.25) is 19.3 Å². The van der Waals surface area contributed by atoms with E-state index in [1.54, 1.807) is 4.90 Å². The van der Waals surface area contributed by atoms with Gasteiger partial charge in [0.1, 0.15) is 13.1 Å². The third kappa shape index (κ3) is 3.47. The van der Waals surface area contributed by atoms with Crippen LogP contribution in [0.3, 0.4) is 0 Å². The van der Waals surface area contributed by atoms with Crippen LogP contribution >= 0.6 is 0 Å². The zero-order chi connectivity index (χ0) is 18.0. The lowest BCUT2D eigenvalue weighted by Gasteiger charge is -2.29. The highest BCUT2D eigenvalue weighted by atomic mass is 16.5. The van der Waals surface area contributed by atoms with Gasteiger partial charge >= 0.3 is 12.0 Å². The van der Waals surface area contributed by atoms with Gasteiger partial charge in [-0.2, -0.15) is 0 Å². The van der Waals surface area contributed by atoms with Crippen molar-refractivity contribution in [2.45, 2.75) is 12.8 Å². The van der Waals surface area contributed by atoms with Gasteiger partial charge in [-0.1, -0.05) is 18.2 Å². The maximum Gasteiger partial charge on any atom is 0.327 e. The molecule has 132 valence electrons. The van der Waals surface area contributed by atoms with Crippen LogP contribution in [-0.4, -0.2) is 66.9 Å². The molecule has 1 saturated heterocycles. The van der Waals surface area contributed by atoms with E-state index in [1.807, 2.05) is 24.3 Å². The summed E-state index contributed by atoms with van der Waals surface area (Å²) in [4.78, 5) is 51.2. The summed E-state index contributed by atoms with van der Waals surface area (Å²) in [6.45, 7) is -0.387. The summed E-state index contributed by atoms with van der Waals surface area (Å²) in [6, 6.07) is 7.08. The number of para-hydroxylation sites is 1. The minimum absolute atomic E-state index is 0.0599. The van der Waals surface area contributed by atoms with E-state index in [1.165, 1.54) is 11.9 Å². The van der Waals surface area contributed by atoms with Gasteiger partial charge in [-0.05, 0) is 24.5 Å². The summed E-state index contributed by atoms with van der Waals surface area (Å²) in [5, 5.41) is 0. The molecule has 4 amide bonds. The fourth-order valence-corrected chi connectivity index (χ4v) is 3.01. The lowest BCUT2D eigenvalue weighted by Crippen LogP contribution is -2.40. The van der Waals surface area contributed by atoms with Crippen molar-refractivity contribution >= 4 is 29.5 Å². The van der Waals surface area contributed by atoms with Crippen LogP contribution in [0.25, 0.3) is 0 Å². The molecule has 0 unspecified atom stereocenters. The van der Waals surface area contributed by atoms with Crippen LogP contribution in [0.1, 0.15) is 12.0 Å². The van der Waals surface area contributed by atoms with Crippen molar-refractivity contribution in [2.75, 3.05) is 38.2 Å². The Morgan fingerprint density at radius 1 is 1.20 bits per heavy atom. The second-order valence-electron chi connectivity index (χ2n) is 6.06. The molecule has 3 rings (SSSR count). The van der Waals surface area contributed by atoms with Crippen molar-refractivity contribution in [3.63, 3.8) is 0 Å². The molecule has 2 heterocycles. The number of hydrogen-bond donors (Lipinski definition) is 0. The molecule has 25 heavy (non-hydrogen) atoms. The summed E-state index contributed by atoms with van der Waals surface area (Å²) in [7, 11) is 1.48. The number of aryl methyl sites for hydroxylation is 1. The van der Waals surface area contributed by atoms with Crippen LogP contribution in [0.5, 0.6) is 0 Å². The van der Waals surface area contributed by atoms with E-state index in [0.29, 0.717) is 6.54 Å². The first-order chi connectivity index (χ1) is 12.0. The maximum atomic E-state index is 12.4. The molecule has 0 saturated carbocycles. The number of likely N-dealkylation sites (N-methyl/N-ethyl adjacent to an activating group) is 1. The Morgan fingerprint density at radius 2 is 1.96 bits per heavy atom. The van der Waals surface area contributed by atoms with Gasteiger partial charge in [-0.25, -0.2) is 4.79 Å². The lowest BCUT2D eigenvalue weighted by molar-refractivity contribution is -0.149. The van der Waals surface area contributed by atoms with Crippen LogP contribution in [0.2, 0.25) is 0 Å². The van der Waals surface area contributed by atoms with Crippen molar-refractivity contribution in [1.82, 2.24) is 9.80 Å². The Hall–Kier alpha value is -2.90. The molecular formula is C17H19N3O5. The Morgan fingerprint density at radius 3 is 2.68 bits per heavy atom. The number of ether oxygens (including phenoxy) is 1. The van der Waals surface area contributed by atoms with Crippen molar-refractivity contribution in [3.8, 4) is 0 Å². The number of hydrogen-bond acceptors (Lipinski definition) is 5. The van der Waals surface area contributed by atoms with Crippen molar-refractivity contribution in [2.24, 2.45) is 0 Å². The quantitative estimate of drug-likeness (QED) is 0.582. The smallest absolute Gasteiger partial charge is 0.327 e. The second kappa shape index (κ2) is 6.92. The van der Waals surface area contributed by atoms with Crippen molar-refractivity contribution < 1.29 is 23.9 Å². The second-order valence-corrected chi connectivity index (χ2v) is 6.06. The number of benzene rings is 1. The molecule has 0 bridgehead atoms. The van der Waals surface area contributed by atoms with Crippen molar-refractivity contribution in [1.29, 1.82) is 0 Å². The monoisotopic (exact) mass is 345 g/mol. The third-order valence-electron chi connectivity index (χ3n) is 4.29. The van der Waals surface area contributed by atoms with Crippen molar-refractivity contribution in [3.05, 3.63) is 29.8 Å². The minimum Gasteiger partial charge on any atom is -0.454 e. The van der Waals surface area contributed by atoms with Gasteiger partial charge in [0, 0.05) is 19.3 Å². The van der Waals surface area contributed by atoms with Gasteiger partial charge in [0.05, 0.1) is 0 Å². The predicted molar refractivity (Wildman–Crippen MR) is 87.8 cm³/mol. The standard InChI is InChI=1S/C17H19N3O5/c1-18-9-14(21)20(17(18)24)10-16(23)25-11-15(22)19-8-4-6-12-5-2-3-7-13(12)19/h2-3,5,7H,4,6,8-11H2,1H3. The average Bonchev–Trinajstić information content (AvgIpc) is 2.85. The van der Waals surface area contributed by atoms with Gasteiger partial charge in [-0.15, -0.1) is 0 Å². The van der Waals surface area contributed by atoms with E-state index in [2.05, 4.69) is 0 Å². The first kappa shape index (κ1) is 16.9. The number of nitrogens with zero attached hydrogens (tertiary/aromatic N) is 3. The molecule has 2 aliphatic heterocycles. The Bertz CT molecular complexity index is 733. The van der Waals surface area contributed by atoms with Crippen LogP contribution < -0.4 is 4.90 Å². The number of urea groups is 1. The molecule has 0 spiro atoms. The molecule has 8 heteroatoms. The summed E-state index contributed by atoms with van der Waals surface area (Å²) >= 11 is 0. The largest absolute Gasteiger partial charge is 0.454 e. The fourth-order valence-electron chi connectivity index (χ4n) is 3.01. The molecule has 0 aromatic heterocycles. The molecule has 1 aromatic carbocycles. The zero-order valence-corrected chi connectivity index (χ0v) is 13.9. The van der Waals surface area contributed by atoms with Crippen LogP contribution in [0.15, 0.2) is 24.3 Å². The summed E-state index contributed by atoms with van der Waals surface area (Å²) < 4.78 is 4.97. The zero-order valence-electron chi connectivity index (χ0n) is 13.9. The molecule has 2 aliphatic rings. The van der Waals surface area contributed by atoms with Gasteiger partial charge in [0.25, 0.3) is 11.8 Å². The third-order valence-corrected chi connectivity index (χ3v) is 4.29. The fraction of sp³-hybridized carbons (Fsp3) is 0.412. The number of anilines is 1. The average molecular weight is 345 g/mol. The van der Waals surface area contributed by atoms with Gasteiger partial charge in [0.15, 0.2) is 6.61 Å². The molecule has 1 fully saturated rings. The normalized spacial score (nSPS) is 16.9. The molecular weight excluding hydrogens is 326 g/mol. The predicted octanol–water partition coefficient (Wildman–Crippen LogP) is 0.403. The first-order valence-electron chi connectivity index (χ1n) is 8.06. The highest BCUT2D eigenvalue weighted by Crippen LogP contribution is 2.26. The number of rotatable bonds is 4. The highest BCUT2D eigenvalue weighted by molar-refractivity contribution is 6.04. The highest BCUT2D eigenvalue weighted by Gasteiger charge is 2.35. The van der Waals surface area contributed by atoms with E-state index in [9.17, 15) is 19.2 Å². The summed E-state index contributed by atoms with van der Waals surface area (Å²) in [6.07, 6.45) is 1.76. The molecule has 1 aromatic rings. The lowest BCUT2D eigenvalue weighted by atomic mass is 10.0. The molecule has 0 N–H and O–H groups in total. The minimum atomic E-state index is -0.782. The van der Waals surface area contributed by atoms with E-state index in [0.717, 1.165) is 29.0 Å². The van der Waals surface area contributed by atoms with Gasteiger partial charge in [0.2, 0.25) is 0 Å². The van der Waals surface area contributed by atoms with Crippen LogP contribution in [0.4, 0.5) is 10.5 Å². The summed E-state index contributed by atoms with van der Waals surface area (Å²) in [5.41, 5.74) is 1.92. The van der Waals surface area contributed by atoms with E-state index >= 15 is 0 Å². The molecule has 0 radical (unpaired) electrons. The van der Waals surface area contributed by atoms with Crippen LogP contribution in [0, 0.1) is 0 Å². The number of amides is 4. The van der Waals surface area contributed by atoms with E-state index < -0.39 is 31.1 Å². The number of carbonyl (C=O) groups excluding carboxylic acids is 4. The first-order valence-corrected chi connectivity index (χ1v) is 8.06. The maximum absolute atomic E-state index is 12.4. The van der Waals surface area contributed by atoms with Crippen LogP contribution in [-0.2, 0) is 25.5 Å². The number of imide groups is 1. The summed E-state index contributed by atoms with van der Waals surface area (Å²) in [5.74, 6) is -1.56. The molecule has 0 aliphatic carbocycles.